The average Bonchev–Trinajstić information content (AvgIpc) is 2.39. The number of carbonyl (C=O) groups is 1. The molecule has 0 fully saturated rings. The van der Waals surface area contributed by atoms with E-state index in [1.807, 2.05) is 0 Å². The van der Waals surface area contributed by atoms with Crippen LogP contribution in [-0.2, 0) is 0 Å². The van der Waals surface area contributed by atoms with Gasteiger partial charge in [-0.05, 0) is 37.6 Å². The molecule has 0 saturated carbocycles. The molecule has 1 aromatic carbocycles. The quantitative estimate of drug-likeness (QED) is 0.377. The summed E-state index contributed by atoms with van der Waals surface area (Å²) < 4.78 is 13.2. The van der Waals surface area contributed by atoms with Gasteiger partial charge in [0, 0.05) is 25.1 Å². The van der Waals surface area contributed by atoms with E-state index < -0.39 is 0 Å². The van der Waals surface area contributed by atoms with Crippen molar-refractivity contribution in [2.24, 2.45) is 10.9 Å². The van der Waals surface area contributed by atoms with Crippen LogP contribution in [0.5, 0.6) is 0 Å². The Morgan fingerprint density at radius 3 is 2.74 bits per heavy atom. The summed E-state index contributed by atoms with van der Waals surface area (Å²) >= 11 is 0. The van der Waals surface area contributed by atoms with Crippen LogP contribution in [0.2, 0.25) is 0 Å². The highest BCUT2D eigenvalue weighted by molar-refractivity contribution is 5.94. The fourth-order valence-electron chi connectivity index (χ4n) is 1.66. The van der Waals surface area contributed by atoms with Crippen LogP contribution in [0.15, 0.2) is 23.4 Å². The largest absolute Gasteiger partial charge is 0.409 e. The Balaban J connectivity index is 2.84. The third kappa shape index (κ3) is 3.67. The van der Waals surface area contributed by atoms with E-state index in [9.17, 15) is 9.18 Å². The monoisotopic (exact) mass is 267 g/mol. The molecular weight excluding hydrogens is 249 g/mol. The number of nitrogens with two attached hydrogens (primary N) is 1. The molecule has 19 heavy (non-hydrogen) atoms. The number of rotatable bonds is 4. The van der Waals surface area contributed by atoms with E-state index >= 15 is 0 Å². The van der Waals surface area contributed by atoms with Crippen molar-refractivity contribution in [3.8, 4) is 0 Å². The minimum Gasteiger partial charge on any atom is -0.409 e. The zero-order valence-electron chi connectivity index (χ0n) is 11.2. The van der Waals surface area contributed by atoms with E-state index in [0.29, 0.717) is 11.1 Å². The van der Waals surface area contributed by atoms with Crippen LogP contribution in [-0.4, -0.2) is 34.9 Å². The first-order valence-electron chi connectivity index (χ1n) is 5.86. The molecule has 0 aromatic heterocycles. The zero-order chi connectivity index (χ0) is 14.6. The summed E-state index contributed by atoms with van der Waals surface area (Å²) in [5.74, 6) is -0.521. The number of carbonyl (C=O) groups excluding carboxylic acids is 1. The van der Waals surface area contributed by atoms with Gasteiger partial charge < -0.3 is 15.8 Å². The number of halogens is 1. The molecule has 104 valence electrons. The van der Waals surface area contributed by atoms with Crippen molar-refractivity contribution in [1.29, 1.82) is 0 Å². The van der Waals surface area contributed by atoms with Crippen molar-refractivity contribution < 1.29 is 14.4 Å². The summed E-state index contributed by atoms with van der Waals surface area (Å²) in [6.07, 6.45) is 0.263. The van der Waals surface area contributed by atoms with Gasteiger partial charge in [-0.2, -0.15) is 0 Å². The highest BCUT2D eigenvalue weighted by Crippen LogP contribution is 2.13. The molecule has 0 aliphatic rings. The highest BCUT2D eigenvalue weighted by atomic mass is 19.1. The summed E-state index contributed by atoms with van der Waals surface area (Å²) in [6.45, 7) is 3.39. The topological polar surface area (TPSA) is 78.9 Å². The molecule has 6 heteroatoms. The summed E-state index contributed by atoms with van der Waals surface area (Å²) in [5, 5.41) is 11.4. The fourth-order valence-corrected chi connectivity index (χ4v) is 1.66. The summed E-state index contributed by atoms with van der Waals surface area (Å²) in [4.78, 5) is 13.7. The van der Waals surface area contributed by atoms with E-state index in [1.54, 1.807) is 20.9 Å². The van der Waals surface area contributed by atoms with E-state index in [4.69, 9.17) is 10.9 Å². The van der Waals surface area contributed by atoms with Crippen molar-refractivity contribution in [3.05, 3.63) is 35.1 Å². The van der Waals surface area contributed by atoms with Gasteiger partial charge in [0.1, 0.15) is 11.7 Å². The van der Waals surface area contributed by atoms with Crippen LogP contribution in [0.25, 0.3) is 0 Å². The maximum atomic E-state index is 13.2. The van der Waals surface area contributed by atoms with Crippen LogP contribution < -0.4 is 5.73 Å². The first-order chi connectivity index (χ1) is 8.86. The molecule has 0 heterocycles. The van der Waals surface area contributed by atoms with Gasteiger partial charge in [-0.15, -0.1) is 0 Å². The SMILES string of the molecule is Cc1cc(C(=O)N(C)C(C)CC(N)=NO)ccc1F. The molecule has 0 spiro atoms. The molecule has 0 saturated heterocycles. The first kappa shape index (κ1) is 14.9. The van der Waals surface area contributed by atoms with Crippen LogP contribution in [0, 0.1) is 12.7 Å². The predicted molar refractivity (Wildman–Crippen MR) is 70.7 cm³/mol. The second-order valence-electron chi connectivity index (χ2n) is 4.52. The van der Waals surface area contributed by atoms with Gasteiger partial charge in [0.05, 0.1) is 0 Å². The second-order valence-corrected chi connectivity index (χ2v) is 4.52. The van der Waals surface area contributed by atoms with Crippen molar-refractivity contribution in [2.45, 2.75) is 26.3 Å². The van der Waals surface area contributed by atoms with E-state index in [0.717, 1.165) is 0 Å². The van der Waals surface area contributed by atoms with Gasteiger partial charge in [0.2, 0.25) is 0 Å². The summed E-state index contributed by atoms with van der Waals surface area (Å²) in [6, 6.07) is 3.99. The Morgan fingerprint density at radius 2 is 2.21 bits per heavy atom. The first-order valence-corrected chi connectivity index (χ1v) is 5.86. The van der Waals surface area contributed by atoms with Gasteiger partial charge in [-0.3, -0.25) is 4.79 Å². The van der Waals surface area contributed by atoms with Gasteiger partial charge in [-0.25, -0.2) is 4.39 Å². The lowest BCUT2D eigenvalue weighted by Crippen LogP contribution is -2.37. The molecule has 0 aliphatic carbocycles. The normalized spacial score (nSPS) is 13.2. The lowest BCUT2D eigenvalue weighted by Gasteiger charge is -2.24. The summed E-state index contributed by atoms with van der Waals surface area (Å²) in [7, 11) is 1.62. The highest BCUT2D eigenvalue weighted by Gasteiger charge is 2.19. The average molecular weight is 267 g/mol. The summed E-state index contributed by atoms with van der Waals surface area (Å²) in [5.41, 5.74) is 6.24. The van der Waals surface area contributed by atoms with E-state index in [1.165, 1.54) is 23.1 Å². The smallest absolute Gasteiger partial charge is 0.253 e. The van der Waals surface area contributed by atoms with Crippen molar-refractivity contribution in [3.63, 3.8) is 0 Å². The molecule has 0 bridgehead atoms. The van der Waals surface area contributed by atoms with E-state index in [2.05, 4.69) is 5.16 Å². The van der Waals surface area contributed by atoms with Gasteiger partial charge in [-0.1, -0.05) is 5.16 Å². The zero-order valence-corrected chi connectivity index (χ0v) is 11.2. The molecule has 1 unspecified atom stereocenters. The van der Waals surface area contributed by atoms with Crippen LogP contribution in [0.4, 0.5) is 4.39 Å². The fraction of sp³-hybridized carbons (Fsp3) is 0.385. The van der Waals surface area contributed by atoms with Crippen LogP contribution >= 0.6 is 0 Å². The Morgan fingerprint density at radius 1 is 1.58 bits per heavy atom. The maximum Gasteiger partial charge on any atom is 0.253 e. The number of amides is 1. The number of hydrogen-bond acceptors (Lipinski definition) is 3. The minimum absolute atomic E-state index is 0.0578. The third-order valence-corrected chi connectivity index (χ3v) is 3.02. The maximum absolute atomic E-state index is 13.2. The second kappa shape index (κ2) is 6.17. The lowest BCUT2D eigenvalue weighted by atomic mass is 10.1. The van der Waals surface area contributed by atoms with Crippen LogP contribution in [0.1, 0.15) is 29.3 Å². The minimum atomic E-state index is -0.344. The van der Waals surface area contributed by atoms with Gasteiger partial charge in [0.25, 0.3) is 5.91 Å². The van der Waals surface area contributed by atoms with Gasteiger partial charge >= 0.3 is 0 Å². The molecule has 1 aromatic rings. The molecule has 5 nitrogen and oxygen atoms in total. The van der Waals surface area contributed by atoms with Crippen molar-refractivity contribution in [1.82, 2.24) is 4.90 Å². The molecule has 1 amide bonds. The van der Waals surface area contributed by atoms with E-state index in [-0.39, 0.29) is 30.0 Å². The Labute approximate surface area is 111 Å². The third-order valence-electron chi connectivity index (χ3n) is 3.02. The molecular formula is C13H18FN3O2. The predicted octanol–water partition coefficient (Wildman–Crippen LogP) is 1.73. The number of hydrogen-bond donors (Lipinski definition) is 2. The molecule has 1 atom stereocenters. The molecule has 1 rings (SSSR count). The molecule has 0 aliphatic heterocycles. The lowest BCUT2D eigenvalue weighted by molar-refractivity contribution is 0.0747. The standard InChI is InChI=1S/C13H18FN3O2/c1-8-6-10(4-5-11(8)14)13(18)17(3)9(2)7-12(15)16-19/h4-6,9,19H,7H2,1-3H3,(H2,15,16). The Kier molecular flexibility index (Phi) is 4.86. The van der Waals surface area contributed by atoms with Crippen molar-refractivity contribution >= 4 is 11.7 Å². The molecule has 0 radical (unpaired) electrons. The van der Waals surface area contributed by atoms with Crippen LogP contribution in [0.3, 0.4) is 0 Å². The number of benzene rings is 1. The Hall–Kier alpha value is -2.11. The number of amidine groups is 1. The van der Waals surface area contributed by atoms with Gasteiger partial charge in [0.15, 0.2) is 0 Å². The number of aryl methyl sites for hydroxylation is 1. The number of oxime groups is 1. The molecule has 3 N–H and O–H groups in total. The van der Waals surface area contributed by atoms with Crippen molar-refractivity contribution in [2.75, 3.05) is 7.05 Å². The Bertz CT molecular complexity index is 503. The number of nitrogens with zero attached hydrogens (tertiary/aromatic N) is 2.